The Bertz CT molecular complexity index is 1730. The van der Waals surface area contributed by atoms with Gasteiger partial charge in [-0.25, -0.2) is 0 Å². The summed E-state index contributed by atoms with van der Waals surface area (Å²) in [6.07, 6.45) is 3.27. The molecule has 17 N–H and O–H groups in total. The summed E-state index contributed by atoms with van der Waals surface area (Å²) in [7, 11) is 2.19. The predicted molar refractivity (Wildman–Crippen MR) is 251 cm³/mol. The maximum absolute atomic E-state index is 14.5. The lowest BCUT2D eigenvalue weighted by molar-refractivity contribution is -0.142. The van der Waals surface area contributed by atoms with Crippen LogP contribution in [0.4, 0.5) is 0 Å². The van der Waals surface area contributed by atoms with Gasteiger partial charge in [-0.1, -0.05) is 35.4 Å². The zero-order valence-corrected chi connectivity index (χ0v) is 39.8. The van der Waals surface area contributed by atoms with E-state index in [1.807, 2.05) is 13.8 Å². The second-order valence-electron chi connectivity index (χ2n) is 15.8. The summed E-state index contributed by atoms with van der Waals surface area (Å²) >= 11 is 1.42. The molecule has 2 aliphatic heterocycles. The number of nitrogens with one attached hydrogen (secondary N) is 7. The van der Waals surface area contributed by atoms with Crippen LogP contribution in [0.25, 0.3) is 0 Å². The third-order valence-corrected chi connectivity index (χ3v) is 12.9. The zero-order valence-electron chi connectivity index (χ0n) is 37.4. The minimum Gasteiger partial charge on any atom is -0.370 e. The highest BCUT2D eigenvalue weighted by Crippen LogP contribution is 2.24. The molecule has 65 heavy (non-hydrogen) atoms. The first-order valence-corrected chi connectivity index (χ1v) is 25.1. The van der Waals surface area contributed by atoms with Crippen molar-refractivity contribution >= 4 is 98.4 Å². The summed E-state index contributed by atoms with van der Waals surface area (Å²) in [6, 6.07) is -8.23. The summed E-state index contributed by atoms with van der Waals surface area (Å²) in [5, 5.41) is 18.1. The number of rotatable bonds is 16. The summed E-state index contributed by atoms with van der Waals surface area (Å²) in [5.41, 5.74) is 28.1. The molecule has 27 heteroatoms. The van der Waals surface area contributed by atoms with Gasteiger partial charge in [0.05, 0.1) is 12.6 Å². The van der Waals surface area contributed by atoms with Crippen molar-refractivity contribution in [3.05, 3.63) is 0 Å². The molecule has 0 aromatic heterocycles. The molecule has 2 saturated heterocycles. The number of hydrogen-bond donors (Lipinski definition) is 12. The highest BCUT2D eigenvalue weighted by Gasteiger charge is 2.40. The second-order valence-corrected chi connectivity index (χ2v) is 19.3. The van der Waals surface area contributed by atoms with Crippen molar-refractivity contribution in [2.24, 2.45) is 44.6 Å². The number of carbonyl (C=O) groups excluding carboxylic acids is 9. The number of nitrogens with zero attached hydrogens (tertiary/aromatic N) is 3. The third-order valence-electron chi connectivity index (χ3n) is 9.84. The van der Waals surface area contributed by atoms with Gasteiger partial charge in [0.15, 0.2) is 11.9 Å². The van der Waals surface area contributed by atoms with Crippen molar-refractivity contribution < 1.29 is 43.2 Å². The number of carbonyl (C=O) groups is 9. The lowest BCUT2D eigenvalue weighted by atomic mass is 10.0. The van der Waals surface area contributed by atoms with E-state index in [0.29, 0.717) is 12.2 Å². The molecule has 2 heterocycles. The number of aliphatic imine (C=N–C) groups is 2. The molecule has 0 aromatic carbocycles. The van der Waals surface area contributed by atoms with E-state index in [0.717, 1.165) is 28.5 Å². The minimum absolute atomic E-state index is 0.00133. The molecule has 0 aromatic rings. The Kier molecular flexibility index (Phi) is 25.5. The van der Waals surface area contributed by atoms with E-state index in [1.54, 1.807) is 6.26 Å². The second kappa shape index (κ2) is 29.5. The fourth-order valence-electron chi connectivity index (χ4n) is 6.63. The first-order valence-electron chi connectivity index (χ1n) is 21.2. The number of fused-ring (bicyclic) bond motifs is 1. The van der Waals surface area contributed by atoms with E-state index in [4.69, 9.17) is 28.7 Å². The Balaban J connectivity index is 2.59. The molecule has 0 unspecified atom stereocenters. The number of imide groups is 1. The van der Waals surface area contributed by atoms with E-state index in [9.17, 15) is 43.2 Å². The molecule has 0 radical (unpaired) electrons. The molecule has 0 aliphatic carbocycles. The lowest BCUT2D eigenvalue weighted by Crippen LogP contribution is -2.60. The van der Waals surface area contributed by atoms with Crippen molar-refractivity contribution in [2.45, 2.75) is 114 Å². The molecule has 0 saturated carbocycles. The van der Waals surface area contributed by atoms with Gasteiger partial charge >= 0.3 is 0 Å². The fraction of sp³-hybridized carbons (Fsp3) is 0.711. The van der Waals surface area contributed by atoms with Crippen LogP contribution in [-0.2, 0) is 43.2 Å². The van der Waals surface area contributed by atoms with Crippen molar-refractivity contribution in [1.29, 1.82) is 0 Å². The van der Waals surface area contributed by atoms with Crippen molar-refractivity contribution in [3.8, 4) is 0 Å². The normalized spacial score (nSPS) is 23.6. The number of nitrogens with two attached hydrogens (primary N) is 5. The molecular weight excluding hydrogens is 907 g/mol. The van der Waals surface area contributed by atoms with E-state index >= 15 is 0 Å². The monoisotopic (exact) mass is 973 g/mol. The maximum atomic E-state index is 14.5. The van der Waals surface area contributed by atoms with Crippen LogP contribution in [0.5, 0.6) is 0 Å². The molecule has 2 aliphatic rings. The number of thioether (sulfide) groups is 1. The standard InChI is InChI=1S/C38H67N15O9S3/c1-20(2)16-26-33(59)50-25(9-6-13-45-38(42)43)36(62)53-14-7-10-28(53)35(61)52-27(34(60)49-24(11-15-63-4)31(57)47-21(3)54)19-65-64-18-22(39)30(56)46-17-29(55)48-23(32(58)51-26)8-5-12-44-37(40)41/h20,22-28H,5-19,39H2,1-4H3,(H,46,56)(H,48,55)(H,49,60)(H,50,59)(H,51,58)(H,52,61)(H4,40,41,44)(H4,42,43,45)(H,47,54,57)/t22-,23-,24-,25-,26-,27+,28-/m0/s1. The van der Waals surface area contributed by atoms with Gasteiger partial charge in [0.2, 0.25) is 53.2 Å². The SMILES string of the molecule is CSCC[C@H](NC(=O)[C@H]1CSSC[C@H](N)C(=O)NCC(=O)N[C@@H](CCCN=C(N)N)C(=O)N[C@@H](CC(C)C)C(=O)N[C@@H](CCCN=C(N)N)C(=O)N2CCC[C@H]2C(=O)N1)C(=O)NC(C)=O. The molecule has 0 bridgehead atoms. The molecule has 366 valence electrons. The first kappa shape index (κ1) is 56.1. The van der Waals surface area contributed by atoms with E-state index in [1.165, 1.54) is 16.7 Å². The first-order chi connectivity index (χ1) is 30.7. The average molecular weight is 974 g/mol. The van der Waals surface area contributed by atoms with Crippen LogP contribution in [0.2, 0.25) is 0 Å². The van der Waals surface area contributed by atoms with Crippen LogP contribution in [0.1, 0.15) is 72.1 Å². The molecule has 2 fully saturated rings. The van der Waals surface area contributed by atoms with Gasteiger partial charge < -0.3 is 65.5 Å². The Morgan fingerprint density at radius 1 is 0.831 bits per heavy atom. The molecular formula is C38H67N15O9S3. The highest BCUT2D eigenvalue weighted by molar-refractivity contribution is 8.76. The number of hydrogen-bond acceptors (Lipinski definition) is 15. The maximum Gasteiger partial charge on any atom is 0.249 e. The summed E-state index contributed by atoms with van der Waals surface area (Å²) < 4.78 is 0. The van der Waals surface area contributed by atoms with Gasteiger partial charge in [0.25, 0.3) is 0 Å². The summed E-state index contributed by atoms with van der Waals surface area (Å²) in [4.78, 5) is 130. The Labute approximate surface area is 391 Å². The Morgan fingerprint density at radius 3 is 2.03 bits per heavy atom. The van der Waals surface area contributed by atoms with Crippen LogP contribution >= 0.6 is 33.3 Å². The minimum atomic E-state index is -1.28. The van der Waals surface area contributed by atoms with Crippen molar-refractivity contribution in [1.82, 2.24) is 42.1 Å². The predicted octanol–water partition coefficient (Wildman–Crippen LogP) is -4.19. The zero-order chi connectivity index (χ0) is 48.6. The highest BCUT2D eigenvalue weighted by atomic mass is 33.1. The fourth-order valence-corrected chi connectivity index (χ4v) is 9.39. The number of amides is 9. The van der Waals surface area contributed by atoms with Gasteiger partial charge in [0, 0.05) is 38.1 Å². The molecule has 9 amide bonds. The van der Waals surface area contributed by atoms with Crippen LogP contribution in [0, 0.1) is 5.92 Å². The van der Waals surface area contributed by atoms with Crippen LogP contribution in [0.3, 0.4) is 0 Å². The number of guanidine groups is 2. The van der Waals surface area contributed by atoms with Gasteiger partial charge in [-0.3, -0.25) is 58.5 Å². The van der Waals surface area contributed by atoms with Crippen LogP contribution < -0.4 is 65.9 Å². The van der Waals surface area contributed by atoms with E-state index in [-0.39, 0.29) is 93.9 Å². The Morgan fingerprint density at radius 2 is 1.43 bits per heavy atom. The molecule has 2 rings (SSSR count). The van der Waals surface area contributed by atoms with Crippen LogP contribution in [0.15, 0.2) is 9.98 Å². The molecule has 24 nitrogen and oxygen atoms in total. The average Bonchev–Trinajstić information content (AvgIpc) is 3.73. The van der Waals surface area contributed by atoms with E-state index < -0.39 is 102 Å². The largest absolute Gasteiger partial charge is 0.370 e. The van der Waals surface area contributed by atoms with Gasteiger partial charge in [0.1, 0.15) is 36.3 Å². The summed E-state index contributed by atoms with van der Waals surface area (Å²) in [5.74, 6) is -6.37. The van der Waals surface area contributed by atoms with Gasteiger partial charge in [-0.2, -0.15) is 11.8 Å². The Hall–Kier alpha value is -5.02. The van der Waals surface area contributed by atoms with Gasteiger partial charge in [-0.05, 0) is 69.3 Å². The third kappa shape index (κ3) is 21.2. The van der Waals surface area contributed by atoms with Crippen molar-refractivity contribution in [3.63, 3.8) is 0 Å². The topological polar surface area (TPSA) is 396 Å². The smallest absolute Gasteiger partial charge is 0.249 e. The van der Waals surface area contributed by atoms with E-state index in [2.05, 4.69) is 47.2 Å². The quantitative estimate of drug-likeness (QED) is 0.0302. The van der Waals surface area contributed by atoms with Crippen LogP contribution in [-0.4, -0.2) is 162 Å². The van der Waals surface area contributed by atoms with Crippen molar-refractivity contribution in [2.75, 3.05) is 49.7 Å². The molecule has 7 atom stereocenters. The summed E-state index contributed by atoms with van der Waals surface area (Å²) in [6.45, 7) is 4.63. The lowest BCUT2D eigenvalue weighted by Gasteiger charge is -2.31. The van der Waals surface area contributed by atoms with Gasteiger partial charge in [-0.15, -0.1) is 0 Å². The molecule has 0 spiro atoms.